The van der Waals surface area contributed by atoms with Gasteiger partial charge in [0.1, 0.15) is 5.75 Å². The zero-order valence-corrected chi connectivity index (χ0v) is 15.8. The molecular formula is C21H19ClN2O3. The zero-order valence-electron chi connectivity index (χ0n) is 15.1. The first-order valence-electron chi connectivity index (χ1n) is 8.71. The number of halogens is 1. The van der Waals surface area contributed by atoms with E-state index in [1.807, 2.05) is 43.3 Å². The summed E-state index contributed by atoms with van der Waals surface area (Å²) in [6.07, 6.45) is 1.48. The molecule has 1 amide bonds. The second-order valence-electron chi connectivity index (χ2n) is 6.80. The van der Waals surface area contributed by atoms with Gasteiger partial charge in [0.25, 0.3) is 0 Å². The number of benzene rings is 2. The minimum absolute atomic E-state index is 0.0849. The fourth-order valence-electron chi connectivity index (χ4n) is 3.11. The van der Waals surface area contributed by atoms with Crippen molar-refractivity contribution >= 4 is 23.2 Å². The summed E-state index contributed by atoms with van der Waals surface area (Å²) < 4.78 is 10.8. The molecule has 0 unspecified atom stereocenters. The summed E-state index contributed by atoms with van der Waals surface area (Å²) in [5.74, 6) is 1.26. The fourth-order valence-corrected chi connectivity index (χ4v) is 3.28. The molecule has 1 heterocycles. The molecule has 1 N–H and O–H groups in total. The van der Waals surface area contributed by atoms with Gasteiger partial charge in [0.05, 0.1) is 18.2 Å². The number of anilines is 1. The van der Waals surface area contributed by atoms with Crippen LogP contribution < -0.4 is 10.1 Å². The maximum atomic E-state index is 13.0. The van der Waals surface area contributed by atoms with Crippen LogP contribution in [-0.2, 0) is 10.2 Å². The highest BCUT2D eigenvalue weighted by Gasteiger charge is 2.54. The van der Waals surface area contributed by atoms with Crippen LogP contribution in [0, 0.1) is 6.92 Å². The van der Waals surface area contributed by atoms with Crippen LogP contribution >= 0.6 is 11.6 Å². The Balaban J connectivity index is 1.58. The number of nitrogens with one attached hydrogen (secondary N) is 1. The Labute approximate surface area is 162 Å². The second-order valence-corrected chi connectivity index (χ2v) is 7.24. The smallest absolute Gasteiger partial charge is 0.236 e. The standard InChI is InChI=1S/C21H19ClN2O3/c1-13-6-7-15(22)11-17(13)23-20(25)21(8-9-21)19-12-18(27-24-19)14-4-3-5-16(10-14)26-2/h3-7,10-12H,8-9H2,1-2H3,(H,23,25). The Morgan fingerprint density at radius 3 is 2.78 bits per heavy atom. The molecule has 0 saturated heterocycles. The first-order valence-corrected chi connectivity index (χ1v) is 9.09. The lowest BCUT2D eigenvalue weighted by Gasteiger charge is -2.14. The van der Waals surface area contributed by atoms with Crippen molar-refractivity contribution in [2.24, 2.45) is 0 Å². The van der Waals surface area contributed by atoms with Crippen molar-refractivity contribution in [2.75, 3.05) is 12.4 Å². The molecule has 27 heavy (non-hydrogen) atoms. The Hall–Kier alpha value is -2.79. The molecule has 138 valence electrons. The van der Waals surface area contributed by atoms with Crippen molar-refractivity contribution in [2.45, 2.75) is 25.2 Å². The molecule has 0 aliphatic heterocycles. The monoisotopic (exact) mass is 382 g/mol. The first-order chi connectivity index (χ1) is 13.0. The number of ether oxygens (including phenoxy) is 1. The molecule has 1 saturated carbocycles. The highest BCUT2D eigenvalue weighted by molar-refractivity contribution is 6.31. The first kappa shape index (κ1) is 17.6. The predicted octanol–water partition coefficient (Wildman–Crippen LogP) is 4.98. The van der Waals surface area contributed by atoms with Crippen LogP contribution in [0.15, 0.2) is 53.1 Å². The molecule has 1 aliphatic rings. The van der Waals surface area contributed by atoms with Crippen LogP contribution in [0.25, 0.3) is 11.3 Å². The normalized spacial score (nSPS) is 14.6. The summed E-state index contributed by atoms with van der Waals surface area (Å²) in [5.41, 5.74) is 2.54. The molecular weight excluding hydrogens is 364 g/mol. The molecule has 0 atom stereocenters. The van der Waals surface area contributed by atoms with Gasteiger partial charge in [-0.15, -0.1) is 0 Å². The number of carbonyl (C=O) groups is 1. The van der Waals surface area contributed by atoms with Gasteiger partial charge < -0.3 is 14.6 Å². The van der Waals surface area contributed by atoms with E-state index < -0.39 is 5.41 Å². The molecule has 1 fully saturated rings. The zero-order chi connectivity index (χ0) is 19.0. The van der Waals surface area contributed by atoms with Gasteiger partial charge in [-0.2, -0.15) is 0 Å². The number of aryl methyl sites for hydroxylation is 1. The summed E-state index contributed by atoms with van der Waals surface area (Å²) in [4.78, 5) is 13.0. The molecule has 0 radical (unpaired) electrons. The van der Waals surface area contributed by atoms with Crippen molar-refractivity contribution in [3.63, 3.8) is 0 Å². The van der Waals surface area contributed by atoms with Gasteiger partial charge in [-0.1, -0.05) is 35.0 Å². The van der Waals surface area contributed by atoms with Gasteiger partial charge >= 0.3 is 0 Å². The van der Waals surface area contributed by atoms with Crippen molar-refractivity contribution in [1.82, 2.24) is 5.16 Å². The van der Waals surface area contributed by atoms with E-state index >= 15 is 0 Å². The van der Waals surface area contributed by atoms with Gasteiger partial charge in [-0.05, 0) is 49.6 Å². The Kier molecular flexibility index (Phi) is 4.40. The van der Waals surface area contributed by atoms with Crippen LogP contribution in [0.3, 0.4) is 0 Å². The van der Waals surface area contributed by atoms with Crippen LogP contribution in [0.2, 0.25) is 5.02 Å². The number of rotatable bonds is 5. The Bertz CT molecular complexity index is 1010. The average molecular weight is 383 g/mol. The fraction of sp³-hybridized carbons (Fsp3) is 0.238. The van der Waals surface area contributed by atoms with Crippen molar-refractivity contribution in [3.05, 3.63) is 64.8 Å². The second kappa shape index (κ2) is 6.74. The summed E-state index contributed by atoms with van der Waals surface area (Å²) in [7, 11) is 1.62. The van der Waals surface area contributed by atoms with Crippen molar-refractivity contribution in [1.29, 1.82) is 0 Å². The van der Waals surface area contributed by atoms with Gasteiger partial charge in [0.2, 0.25) is 5.91 Å². The number of hydrogen-bond donors (Lipinski definition) is 1. The molecule has 0 spiro atoms. The molecule has 1 aromatic heterocycles. The number of aromatic nitrogens is 1. The predicted molar refractivity (Wildman–Crippen MR) is 104 cm³/mol. The minimum atomic E-state index is -0.643. The van der Waals surface area contributed by atoms with E-state index in [9.17, 15) is 4.79 Å². The van der Waals surface area contributed by atoms with Crippen LogP contribution in [0.5, 0.6) is 5.75 Å². The molecule has 1 aliphatic carbocycles. The van der Waals surface area contributed by atoms with Crippen LogP contribution in [0.1, 0.15) is 24.1 Å². The quantitative estimate of drug-likeness (QED) is 0.675. The van der Waals surface area contributed by atoms with Crippen molar-refractivity contribution in [3.8, 4) is 17.1 Å². The van der Waals surface area contributed by atoms with E-state index in [4.69, 9.17) is 20.9 Å². The van der Waals surface area contributed by atoms with E-state index in [1.54, 1.807) is 19.2 Å². The van der Waals surface area contributed by atoms with E-state index in [2.05, 4.69) is 10.5 Å². The third kappa shape index (κ3) is 3.30. The molecule has 0 bridgehead atoms. The Morgan fingerprint density at radius 2 is 2.04 bits per heavy atom. The SMILES string of the molecule is COc1cccc(-c2cc(C3(C(=O)Nc4cc(Cl)ccc4C)CC3)no2)c1. The summed E-state index contributed by atoms with van der Waals surface area (Å²) >= 11 is 6.05. The van der Waals surface area contributed by atoms with Gasteiger partial charge in [0, 0.05) is 22.3 Å². The van der Waals surface area contributed by atoms with Crippen molar-refractivity contribution < 1.29 is 14.1 Å². The van der Waals surface area contributed by atoms with E-state index in [1.165, 1.54) is 0 Å². The van der Waals surface area contributed by atoms with E-state index in [-0.39, 0.29) is 5.91 Å². The minimum Gasteiger partial charge on any atom is -0.497 e. The van der Waals surface area contributed by atoms with Crippen LogP contribution in [-0.4, -0.2) is 18.2 Å². The number of amides is 1. The van der Waals surface area contributed by atoms with Crippen LogP contribution in [0.4, 0.5) is 5.69 Å². The molecule has 2 aromatic carbocycles. The maximum absolute atomic E-state index is 13.0. The van der Waals surface area contributed by atoms with Gasteiger partial charge in [-0.3, -0.25) is 4.79 Å². The third-order valence-electron chi connectivity index (χ3n) is 4.99. The highest BCUT2D eigenvalue weighted by atomic mass is 35.5. The largest absolute Gasteiger partial charge is 0.497 e. The lowest BCUT2D eigenvalue weighted by atomic mass is 10.00. The lowest BCUT2D eigenvalue weighted by molar-refractivity contribution is -0.118. The summed E-state index contributed by atoms with van der Waals surface area (Å²) in [6, 6.07) is 14.8. The summed E-state index contributed by atoms with van der Waals surface area (Å²) in [5, 5.41) is 7.76. The molecule has 6 heteroatoms. The maximum Gasteiger partial charge on any atom is 0.236 e. The number of hydrogen-bond acceptors (Lipinski definition) is 4. The van der Waals surface area contributed by atoms with Gasteiger partial charge in [0.15, 0.2) is 5.76 Å². The van der Waals surface area contributed by atoms with Gasteiger partial charge in [-0.25, -0.2) is 0 Å². The number of carbonyl (C=O) groups excluding carboxylic acids is 1. The van der Waals surface area contributed by atoms with E-state index in [0.717, 1.165) is 35.4 Å². The average Bonchev–Trinajstić information content (AvgIpc) is 3.34. The highest BCUT2D eigenvalue weighted by Crippen LogP contribution is 2.49. The Morgan fingerprint density at radius 1 is 1.22 bits per heavy atom. The summed E-state index contributed by atoms with van der Waals surface area (Å²) in [6.45, 7) is 1.93. The molecule has 5 nitrogen and oxygen atoms in total. The third-order valence-corrected chi connectivity index (χ3v) is 5.22. The number of nitrogens with zero attached hydrogens (tertiary/aromatic N) is 1. The lowest BCUT2D eigenvalue weighted by Crippen LogP contribution is -2.28. The number of methoxy groups -OCH3 is 1. The van der Waals surface area contributed by atoms with E-state index in [0.29, 0.717) is 16.5 Å². The topological polar surface area (TPSA) is 64.4 Å². The molecule has 4 rings (SSSR count). The molecule has 3 aromatic rings.